The molecular weight excluding hydrogens is 265 g/mol. The predicted molar refractivity (Wildman–Crippen MR) is 60.2 cm³/mol. The van der Waals surface area contributed by atoms with E-state index in [1.54, 1.807) is 0 Å². The van der Waals surface area contributed by atoms with Crippen LogP contribution >= 0.6 is 0 Å². The molecule has 0 radical (unpaired) electrons. The summed E-state index contributed by atoms with van der Waals surface area (Å²) in [6, 6.07) is 0.375. The van der Waals surface area contributed by atoms with E-state index in [1.807, 2.05) is 0 Å². The third-order valence-electron chi connectivity index (χ3n) is 2.17. The van der Waals surface area contributed by atoms with Crippen molar-refractivity contribution in [1.82, 2.24) is 5.32 Å². The second-order valence-corrected chi connectivity index (χ2v) is 3.54. The summed E-state index contributed by atoms with van der Waals surface area (Å²) in [5.41, 5.74) is 4.38. The number of amides is 1. The van der Waals surface area contributed by atoms with Gasteiger partial charge in [0.2, 0.25) is 5.82 Å². The molecule has 19 heavy (non-hydrogen) atoms. The van der Waals surface area contributed by atoms with Gasteiger partial charge in [0.15, 0.2) is 17.4 Å². The molecule has 0 saturated carbocycles. The number of carbonyl (C=O) groups excluding carboxylic acids is 1. The maximum absolute atomic E-state index is 13.4. The topological polar surface area (TPSA) is 84.6 Å². The third kappa shape index (κ3) is 3.83. The lowest BCUT2D eigenvalue weighted by atomic mass is 10.1. The molecule has 1 aromatic rings. The summed E-state index contributed by atoms with van der Waals surface area (Å²) < 4.78 is 44.1. The summed E-state index contributed by atoms with van der Waals surface area (Å²) in [5.74, 6) is -7.27. The maximum Gasteiger partial charge on any atom is 0.254 e. The highest BCUT2D eigenvalue weighted by atomic mass is 19.2. The van der Waals surface area contributed by atoms with E-state index in [9.17, 15) is 18.0 Å². The zero-order valence-corrected chi connectivity index (χ0v) is 9.88. The highest BCUT2D eigenvalue weighted by Crippen LogP contribution is 2.25. The Kier molecular flexibility index (Phi) is 5.58. The number of phenolic OH excluding ortho intramolecular Hbond substituents is 1. The van der Waals surface area contributed by atoms with E-state index in [0.717, 1.165) is 0 Å². The van der Waals surface area contributed by atoms with Crippen LogP contribution in [-0.4, -0.2) is 37.3 Å². The van der Waals surface area contributed by atoms with Crippen molar-refractivity contribution in [2.75, 3.05) is 26.3 Å². The number of nitrogens with one attached hydrogen (secondary N) is 1. The smallest absolute Gasteiger partial charge is 0.254 e. The van der Waals surface area contributed by atoms with Crippen LogP contribution in [0.25, 0.3) is 0 Å². The van der Waals surface area contributed by atoms with E-state index in [0.29, 0.717) is 19.2 Å². The third-order valence-corrected chi connectivity index (χ3v) is 2.17. The van der Waals surface area contributed by atoms with Gasteiger partial charge in [-0.3, -0.25) is 4.79 Å². The molecule has 1 amide bonds. The summed E-state index contributed by atoms with van der Waals surface area (Å²) >= 11 is 0. The Bertz CT molecular complexity index is 469. The molecule has 0 saturated heterocycles. The Morgan fingerprint density at radius 3 is 2.63 bits per heavy atom. The van der Waals surface area contributed by atoms with Crippen LogP contribution in [-0.2, 0) is 4.74 Å². The first-order valence-electron chi connectivity index (χ1n) is 5.41. The van der Waals surface area contributed by atoms with Crippen LogP contribution in [0, 0.1) is 17.5 Å². The number of hydrogen-bond donors (Lipinski definition) is 3. The highest BCUT2D eigenvalue weighted by Gasteiger charge is 2.22. The number of halogens is 3. The second kappa shape index (κ2) is 6.95. The van der Waals surface area contributed by atoms with Crippen LogP contribution < -0.4 is 11.1 Å². The molecule has 0 fully saturated rings. The van der Waals surface area contributed by atoms with Gasteiger partial charge in [-0.15, -0.1) is 0 Å². The molecule has 0 bridgehead atoms. The number of nitrogens with two attached hydrogens (primary N) is 1. The Morgan fingerprint density at radius 1 is 1.32 bits per heavy atom. The lowest BCUT2D eigenvalue weighted by Crippen LogP contribution is -2.28. The lowest BCUT2D eigenvalue weighted by molar-refractivity contribution is 0.0914. The number of aromatic hydroxyl groups is 1. The molecule has 0 spiro atoms. The second-order valence-electron chi connectivity index (χ2n) is 3.54. The molecule has 4 N–H and O–H groups in total. The van der Waals surface area contributed by atoms with Crippen molar-refractivity contribution in [3.8, 4) is 5.75 Å². The quantitative estimate of drug-likeness (QED) is 0.523. The van der Waals surface area contributed by atoms with E-state index in [2.05, 4.69) is 5.32 Å². The summed E-state index contributed by atoms with van der Waals surface area (Å²) in [6.45, 7) is 0.800. The van der Waals surface area contributed by atoms with Crippen LogP contribution in [0.2, 0.25) is 0 Å². The van der Waals surface area contributed by atoms with Gasteiger partial charge >= 0.3 is 0 Å². The fraction of sp³-hybridized carbons (Fsp3) is 0.364. The number of benzene rings is 1. The average molecular weight is 278 g/mol. The van der Waals surface area contributed by atoms with E-state index >= 15 is 0 Å². The van der Waals surface area contributed by atoms with E-state index in [-0.39, 0.29) is 13.2 Å². The number of rotatable bonds is 6. The first-order valence-corrected chi connectivity index (χ1v) is 5.41. The largest absolute Gasteiger partial charge is 0.503 e. The van der Waals surface area contributed by atoms with Gasteiger partial charge in [0.05, 0.1) is 18.8 Å². The average Bonchev–Trinajstić information content (AvgIpc) is 2.40. The Hall–Kier alpha value is -1.80. The molecule has 0 aliphatic carbocycles. The van der Waals surface area contributed by atoms with E-state index in [1.165, 1.54) is 0 Å². The summed E-state index contributed by atoms with van der Waals surface area (Å²) in [4.78, 5) is 11.5. The van der Waals surface area contributed by atoms with Crippen molar-refractivity contribution < 1.29 is 27.8 Å². The molecule has 5 nitrogen and oxygen atoms in total. The van der Waals surface area contributed by atoms with Crippen LogP contribution in [0.5, 0.6) is 5.75 Å². The Balaban J connectivity index is 2.67. The highest BCUT2D eigenvalue weighted by molar-refractivity contribution is 5.94. The van der Waals surface area contributed by atoms with Gasteiger partial charge in [-0.2, -0.15) is 4.39 Å². The van der Waals surface area contributed by atoms with Crippen LogP contribution in [0.15, 0.2) is 6.07 Å². The predicted octanol–water partition coefficient (Wildman–Crippen LogP) is 0.515. The fourth-order valence-corrected chi connectivity index (χ4v) is 1.27. The number of ether oxygens (including phenoxy) is 1. The monoisotopic (exact) mass is 278 g/mol. The Morgan fingerprint density at radius 2 is 2.00 bits per heavy atom. The van der Waals surface area contributed by atoms with Gasteiger partial charge in [0, 0.05) is 13.1 Å². The van der Waals surface area contributed by atoms with Gasteiger partial charge < -0.3 is 20.9 Å². The van der Waals surface area contributed by atoms with Gasteiger partial charge in [0.1, 0.15) is 0 Å². The van der Waals surface area contributed by atoms with Gasteiger partial charge in [-0.05, 0) is 6.07 Å². The van der Waals surface area contributed by atoms with Gasteiger partial charge in [-0.25, -0.2) is 8.78 Å². The van der Waals surface area contributed by atoms with Crippen LogP contribution in [0.4, 0.5) is 13.2 Å². The molecule has 0 aliphatic heterocycles. The number of phenols is 1. The molecule has 0 unspecified atom stereocenters. The fourth-order valence-electron chi connectivity index (χ4n) is 1.27. The first kappa shape index (κ1) is 15.3. The molecule has 8 heteroatoms. The van der Waals surface area contributed by atoms with Gasteiger partial charge in [0.25, 0.3) is 5.91 Å². The molecule has 1 aromatic carbocycles. The first-order chi connectivity index (χ1) is 8.99. The van der Waals surface area contributed by atoms with Crippen LogP contribution in [0.3, 0.4) is 0 Å². The normalized spacial score (nSPS) is 10.5. The molecule has 0 aromatic heterocycles. The van der Waals surface area contributed by atoms with Crippen molar-refractivity contribution in [2.45, 2.75) is 0 Å². The molecule has 1 rings (SSSR count). The zero-order chi connectivity index (χ0) is 14.4. The minimum atomic E-state index is -1.74. The summed E-state index contributed by atoms with van der Waals surface area (Å²) in [7, 11) is 0. The molecule has 106 valence electrons. The molecule has 0 atom stereocenters. The van der Waals surface area contributed by atoms with Crippen molar-refractivity contribution in [3.05, 3.63) is 29.1 Å². The standard InChI is InChI=1S/C11H13F3N2O3/c12-7-5-6(8(13)10(17)9(7)14)11(18)16-2-4-19-3-1-15/h5,17H,1-4,15H2,(H,16,18). The van der Waals surface area contributed by atoms with Crippen molar-refractivity contribution in [2.24, 2.45) is 5.73 Å². The number of carbonyl (C=O) groups is 1. The molecular formula is C11H13F3N2O3. The lowest BCUT2D eigenvalue weighted by Gasteiger charge is -2.08. The van der Waals surface area contributed by atoms with Crippen molar-refractivity contribution in [1.29, 1.82) is 0 Å². The summed E-state index contributed by atoms with van der Waals surface area (Å²) in [6.07, 6.45) is 0. The minimum absolute atomic E-state index is 0.0397. The molecule has 0 heterocycles. The van der Waals surface area contributed by atoms with E-state index < -0.39 is 34.7 Å². The SMILES string of the molecule is NCCOCCNC(=O)c1cc(F)c(F)c(O)c1F. The minimum Gasteiger partial charge on any atom is -0.503 e. The Labute approximate surface area is 107 Å². The van der Waals surface area contributed by atoms with Crippen LogP contribution in [0.1, 0.15) is 10.4 Å². The van der Waals surface area contributed by atoms with E-state index in [4.69, 9.17) is 15.6 Å². The molecule has 0 aliphatic rings. The maximum atomic E-state index is 13.4. The van der Waals surface area contributed by atoms with Gasteiger partial charge in [-0.1, -0.05) is 0 Å². The van der Waals surface area contributed by atoms with Crippen molar-refractivity contribution in [3.63, 3.8) is 0 Å². The van der Waals surface area contributed by atoms with Crippen molar-refractivity contribution >= 4 is 5.91 Å². The zero-order valence-electron chi connectivity index (χ0n) is 9.88. The summed E-state index contributed by atoms with van der Waals surface area (Å²) in [5, 5.41) is 11.2. The number of hydrogen-bond acceptors (Lipinski definition) is 4.